The van der Waals surface area contributed by atoms with Gasteiger partial charge in [-0.25, -0.2) is 9.48 Å². The number of hydrogen-bond donors (Lipinski definition) is 1. The molecule has 1 unspecified atom stereocenters. The molecule has 0 radical (unpaired) electrons. The predicted octanol–water partition coefficient (Wildman–Crippen LogP) is 2.73. The zero-order valence-electron chi connectivity index (χ0n) is 15.6. The van der Waals surface area contributed by atoms with E-state index in [1.165, 1.54) is 12.5 Å². The summed E-state index contributed by atoms with van der Waals surface area (Å²) in [6.07, 6.45) is 4.19. The number of nitrogens with two attached hydrogens (primary N) is 1. The number of hydrogen-bond acceptors (Lipinski definition) is 6. The van der Waals surface area contributed by atoms with Gasteiger partial charge in [0.05, 0.1) is 11.7 Å². The lowest BCUT2D eigenvalue weighted by atomic mass is 10.1. The van der Waals surface area contributed by atoms with Gasteiger partial charge >= 0.3 is 5.97 Å². The van der Waals surface area contributed by atoms with Gasteiger partial charge in [0, 0.05) is 6.54 Å². The number of carbonyl (C=O) groups excluding carboxylic acids is 2. The van der Waals surface area contributed by atoms with Gasteiger partial charge in [-0.3, -0.25) is 9.59 Å². The lowest BCUT2D eigenvalue weighted by Crippen LogP contribution is -2.31. The average molecular weight is 349 g/mol. The first kappa shape index (κ1) is 20.6. The van der Waals surface area contributed by atoms with E-state index in [0.717, 1.165) is 17.5 Å². The Balaban J connectivity index is 3.03. The second kappa shape index (κ2) is 9.15. The molecule has 1 atom stereocenters. The molecule has 7 heteroatoms. The van der Waals surface area contributed by atoms with Crippen LogP contribution in [0.1, 0.15) is 74.7 Å². The molecule has 0 aliphatic heterocycles. The minimum absolute atomic E-state index is 0.173. The SMILES string of the molecule is CC/C(C)=C/CCC(C)OC(=O)c1nn(CC)c(=O)c(N)c1C(C)=O. The Labute approximate surface area is 147 Å². The molecule has 0 spiro atoms. The van der Waals surface area contributed by atoms with Gasteiger partial charge in [-0.15, -0.1) is 0 Å². The number of aryl methyl sites for hydroxylation is 1. The van der Waals surface area contributed by atoms with Crippen LogP contribution in [0.15, 0.2) is 16.4 Å². The van der Waals surface area contributed by atoms with Crippen molar-refractivity contribution in [2.75, 3.05) is 5.73 Å². The van der Waals surface area contributed by atoms with Crippen LogP contribution in [0.25, 0.3) is 0 Å². The largest absolute Gasteiger partial charge is 0.458 e. The van der Waals surface area contributed by atoms with Crippen molar-refractivity contribution < 1.29 is 14.3 Å². The number of ether oxygens (including phenoxy) is 1. The molecule has 0 saturated heterocycles. The molecule has 7 nitrogen and oxygen atoms in total. The number of ketones is 1. The third-order valence-electron chi connectivity index (χ3n) is 3.97. The lowest BCUT2D eigenvalue weighted by molar-refractivity contribution is 0.0314. The van der Waals surface area contributed by atoms with E-state index in [1.807, 2.05) is 0 Å². The van der Waals surface area contributed by atoms with Crippen molar-refractivity contribution in [3.63, 3.8) is 0 Å². The number of aromatic nitrogens is 2. The minimum atomic E-state index is -0.747. The van der Waals surface area contributed by atoms with Crippen molar-refractivity contribution in [1.82, 2.24) is 9.78 Å². The number of Topliss-reactive ketones (excluding diaryl/α,β-unsaturated/α-hetero) is 1. The summed E-state index contributed by atoms with van der Waals surface area (Å²) in [4.78, 5) is 36.3. The lowest BCUT2D eigenvalue weighted by Gasteiger charge is -2.15. The van der Waals surface area contributed by atoms with Crippen LogP contribution >= 0.6 is 0 Å². The molecule has 1 heterocycles. The average Bonchev–Trinajstić information content (AvgIpc) is 2.56. The Hall–Kier alpha value is -2.44. The second-order valence-corrected chi connectivity index (χ2v) is 6.01. The summed E-state index contributed by atoms with van der Waals surface area (Å²) in [6.45, 7) is 9.08. The highest BCUT2D eigenvalue weighted by Crippen LogP contribution is 2.15. The fraction of sp³-hybridized carbons (Fsp3) is 0.556. The minimum Gasteiger partial charge on any atom is -0.458 e. The molecule has 1 aromatic heterocycles. The molecule has 0 fully saturated rings. The molecule has 1 rings (SSSR count). The molecule has 0 bridgehead atoms. The van der Waals surface area contributed by atoms with Crippen molar-refractivity contribution in [3.8, 4) is 0 Å². The fourth-order valence-electron chi connectivity index (χ4n) is 2.31. The van der Waals surface area contributed by atoms with Crippen LogP contribution < -0.4 is 11.3 Å². The van der Waals surface area contributed by atoms with Gasteiger partial charge in [0.1, 0.15) is 5.69 Å². The molecule has 1 aromatic rings. The van der Waals surface area contributed by atoms with Gasteiger partial charge in [0.2, 0.25) is 0 Å². The Morgan fingerprint density at radius 3 is 2.48 bits per heavy atom. The topological polar surface area (TPSA) is 104 Å². The van der Waals surface area contributed by atoms with Gasteiger partial charge < -0.3 is 10.5 Å². The van der Waals surface area contributed by atoms with Crippen LogP contribution in [0.2, 0.25) is 0 Å². The molecule has 0 saturated carbocycles. The molecule has 138 valence electrons. The molecular weight excluding hydrogens is 322 g/mol. The molecule has 0 aliphatic carbocycles. The third kappa shape index (κ3) is 5.27. The predicted molar refractivity (Wildman–Crippen MR) is 96.7 cm³/mol. The van der Waals surface area contributed by atoms with Crippen LogP contribution in [0.3, 0.4) is 0 Å². The highest BCUT2D eigenvalue weighted by atomic mass is 16.5. The fourth-order valence-corrected chi connectivity index (χ4v) is 2.31. The highest BCUT2D eigenvalue weighted by molar-refractivity contribution is 6.07. The van der Waals surface area contributed by atoms with E-state index in [2.05, 4.69) is 25.0 Å². The van der Waals surface area contributed by atoms with E-state index in [1.54, 1.807) is 13.8 Å². The monoisotopic (exact) mass is 349 g/mol. The third-order valence-corrected chi connectivity index (χ3v) is 3.97. The number of nitrogens with zero attached hydrogens (tertiary/aromatic N) is 2. The maximum absolute atomic E-state index is 12.4. The maximum Gasteiger partial charge on any atom is 0.359 e. The summed E-state index contributed by atoms with van der Waals surface area (Å²) >= 11 is 0. The first-order valence-corrected chi connectivity index (χ1v) is 8.50. The molecule has 25 heavy (non-hydrogen) atoms. The van der Waals surface area contributed by atoms with E-state index in [4.69, 9.17) is 10.5 Å². The van der Waals surface area contributed by atoms with Crippen LogP contribution in [0, 0.1) is 0 Å². The van der Waals surface area contributed by atoms with Crippen LogP contribution in [0.4, 0.5) is 5.69 Å². The first-order valence-electron chi connectivity index (χ1n) is 8.50. The summed E-state index contributed by atoms with van der Waals surface area (Å²) in [5.41, 5.74) is 5.79. The van der Waals surface area contributed by atoms with E-state index < -0.39 is 17.3 Å². The van der Waals surface area contributed by atoms with Gasteiger partial charge in [-0.05, 0) is 47.0 Å². The number of rotatable bonds is 8. The summed E-state index contributed by atoms with van der Waals surface area (Å²) in [6, 6.07) is 0. The van der Waals surface area contributed by atoms with Crippen LogP contribution in [0.5, 0.6) is 0 Å². The zero-order chi connectivity index (χ0) is 19.1. The molecular formula is C18H27N3O4. The molecule has 0 aromatic carbocycles. The summed E-state index contributed by atoms with van der Waals surface area (Å²) in [5.74, 6) is -1.24. The number of allylic oxidation sites excluding steroid dienone is 2. The van der Waals surface area contributed by atoms with Gasteiger partial charge in [0.25, 0.3) is 5.56 Å². The van der Waals surface area contributed by atoms with E-state index in [-0.39, 0.29) is 29.6 Å². The van der Waals surface area contributed by atoms with E-state index >= 15 is 0 Å². The summed E-state index contributed by atoms with van der Waals surface area (Å²) in [7, 11) is 0. The Bertz CT molecular complexity index is 735. The van der Waals surface area contributed by atoms with Gasteiger partial charge in [-0.1, -0.05) is 18.6 Å². The highest BCUT2D eigenvalue weighted by Gasteiger charge is 2.25. The first-order chi connectivity index (χ1) is 11.7. The Morgan fingerprint density at radius 2 is 1.96 bits per heavy atom. The summed E-state index contributed by atoms with van der Waals surface area (Å²) in [5, 5.41) is 3.96. The van der Waals surface area contributed by atoms with Crippen molar-refractivity contribution in [2.45, 2.75) is 66.5 Å². The quantitative estimate of drug-likeness (QED) is 0.439. The normalized spacial score (nSPS) is 12.8. The molecule has 0 aliphatic rings. The molecule has 0 amide bonds. The summed E-state index contributed by atoms with van der Waals surface area (Å²) < 4.78 is 6.44. The Kier molecular flexibility index (Phi) is 7.54. The maximum atomic E-state index is 12.4. The van der Waals surface area contributed by atoms with E-state index in [9.17, 15) is 14.4 Å². The van der Waals surface area contributed by atoms with Gasteiger partial charge in [0.15, 0.2) is 11.5 Å². The number of anilines is 1. The van der Waals surface area contributed by atoms with E-state index in [0.29, 0.717) is 6.42 Å². The van der Waals surface area contributed by atoms with Crippen molar-refractivity contribution >= 4 is 17.4 Å². The number of carbonyl (C=O) groups is 2. The van der Waals surface area contributed by atoms with Crippen LogP contribution in [-0.2, 0) is 11.3 Å². The van der Waals surface area contributed by atoms with Crippen molar-refractivity contribution in [2.24, 2.45) is 0 Å². The Morgan fingerprint density at radius 1 is 1.32 bits per heavy atom. The van der Waals surface area contributed by atoms with Crippen molar-refractivity contribution in [3.05, 3.63) is 33.3 Å². The number of nitrogen functional groups attached to an aromatic ring is 1. The van der Waals surface area contributed by atoms with Crippen LogP contribution in [-0.4, -0.2) is 27.6 Å². The molecule has 2 N–H and O–H groups in total. The zero-order valence-corrected chi connectivity index (χ0v) is 15.6. The smallest absolute Gasteiger partial charge is 0.359 e. The van der Waals surface area contributed by atoms with Gasteiger partial charge in [-0.2, -0.15) is 5.10 Å². The number of esters is 1. The standard InChI is InChI=1S/C18H27N3O4/c1-6-11(3)9-8-10-12(4)25-18(24)16-14(13(5)22)15(19)17(23)21(7-2)20-16/h9,12H,6-8,10,19H2,1-5H3/b11-9+. The van der Waals surface area contributed by atoms with Crippen molar-refractivity contribution in [1.29, 1.82) is 0 Å². The second-order valence-electron chi connectivity index (χ2n) is 6.01.